The highest BCUT2D eigenvalue weighted by Crippen LogP contribution is 2.54. The Hall–Kier alpha value is -3.76. The van der Waals surface area contributed by atoms with Crippen LogP contribution in [-0.4, -0.2) is 36.1 Å². The number of fused-ring (bicyclic) bond motifs is 2. The molecule has 0 saturated carbocycles. The molecular formula is C26H21N3O3S. The molecule has 1 atom stereocenters. The molecule has 0 aliphatic carbocycles. The van der Waals surface area contributed by atoms with E-state index in [9.17, 15) is 14.9 Å². The second-order valence-corrected chi connectivity index (χ2v) is 9.19. The molecule has 1 saturated heterocycles. The van der Waals surface area contributed by atoms with Crippen LogP contribution in [0, 0.1) is 11.3 Å². The Morgan fingerprint density at radius 1 is 1.12 bits per heavy atom. The largest absolute Gasteiger partial charge is 0.497 e. The molecule has 6 nitrogen and oxygen atoms in total. The number of ether oxygens (including phenoxy) is 1. The molecule has 7 heteroatoms. The van der Waals surface area contributed by atoms with Crippen molar-refractivity contribution in [2.75, 3.05) is 24.3 Å². The minimum absolute atomic E-state index is 0.134. The Bertz CT molecular complexity index is 1300. The Morgan fingerprint density at radius 2 is 1.94 bits per heavy atom. The molecule has 5 rings (SSSR count). The highest BCUT2D eigenvalue weighted by Gasteiger charge is 2.59. The molecule has 3 aromatic rings. The van der Waals surface area contributed by atoms with Crippen molar-refractivity contribution in [2.45, 2.75) is 11.4 Å². The van der Waals surface area contributed by atoms with Crippen molar-refractivity contribution >= 4 is 29.3 Å². The summed E-state index contributed by atoms with van der Waals surface area (Å²) >= 11 is 1.50. The van der Waals surface area contributed by atoms with Crippen LogP contribution in [0.2, 0.25) is 0 Å². The summed E-state index contributed by atoms with van der Waals surface area (Å²) in [6, 6.07) is 24.1. The highest BCUT2D eigenvalue weighted by atomic mass is 32.2. The van der Waals surface area contributed by atoms with E-state index in [2.05, 4.69) is 6.07 Å². The van der Waals surface area contributed by atoms with Crippen molar-refractivity contribution in [1.29, 1.82) is 5.26 Å². The van der Waals surface area contributed by atoms with Crippen molar-refractivity contribution in [3.8, 4) is 11.8 Å². The molecular weight excluding hydrogens is 434 g/mol. The summed E-state index contributed by atoms with van der Waals surface area (Å²) in [7, 11) is 1.56. The number of thioether (sulfide) groups is 1. The number of hydrogen-bond acceptors (Lipinski definition) is 5. The number of anilines is 1. The van der Waals surface area contributed by atoms with Crippen LogP contribution in [0.25, 0.3) is 0 Å². The van der Waals surface area contributed by atoms with Gasteiger partial charge in [0.05, 0.1) is 31.0 Å². The second kappa shape index (κ2) is 8.30. The zero-order valence-corrected chi connectivity index (χ0v) is 18.8. The van der Waals surface area contributed by atoms with Gasteiger partial charge in [-0.05, 0) is 42.0 Å². The topological polar surface area (TPSA) is 73.6 Å². The molecule has 0 unspecified atom stereocenters. The number of carbonyl (C=O) groups is 2. The lowest BCUT2D eigenvalue weighted by Gasteiger charge is -2.33. The summed E-state index contributed by atoms with van der Waals surface area (Å²) in [6.07, 6.45) is 0. The summed E-state index contributed by atoms with van der Waals surface area (Å²) in [5.74, 6) is 0.923. The van der Waals surface area contributed by atoms with E-state index < -0.39 is 4.87 Å². The Labute approximate surface area is 196 Å². The van der Waals surface area contributed by atoms with Crippen LogP contribution in [-0.2, 0) is 16.2 Å². The predicted octanol–water partition coefficient (Wildman–Crippen LogP) is 4.16. The molecule has 2 heterocycles. The highest BCUT2D eigenvalue weighted by molar-refractivity contribution is 8.01. The van der Waals surface area contributed by atoms with Gasteiger partial charge in [0.15, 0.2) is 4.87 Å². The minimum atomic E-state index is -1.11. The lowest BCUT2D eigenvalue weighted by atomic mass is 10.0. The first-order valence-electron chi connectivity index (χ1n) is 10.6. The third-order valence-electron chi connectivity index (χ3n) is 6.06. The zero-order valence-electron chi connectivity index (χ0n) is 18.0. The SMILES string of the molecule is COc1cccc(C(=O)N2CCS[C@]23C(=O)N(Cc2cccc(C#N)c2)c2ccccc23)c1. The van der Waals surface area contributed by atoms with E-state index in [-0.39, 0.29) is 11.8 Å². The molecule has 3 aromatic carbocycles. The second-order valence-electron chi connectivity index (χ2n) is 7.90. The van der Waals surface area contributed by atoms with E-state index in [4.69, 9.17) is 4.74 Å². The Balaban J connectivity index is 1.56. The Morgan fingerprint density at radius 3 is 2.76 bits per heavy atom. The standard InChI is InChI=1S/C26H21N3O3S/c1-32-21-9-5-8-20(15-21)24(30)29-12-13-33-26(29)22-10-2-3-11-23(22)28(25(26)31)17-19-7-4-6-18(14-19)16-27/h2-11,14-15H,12-13,17H2,1H3/t26-/m1/s1. The van der Waals surface area contributed by atoms with Gasteiger partial charge in [-0.2, -0.15) is 5.26 Å². The molecule has 1 fully saturated rings. The first-order chi connectivity index (χ1) is 16.1. The maximum atomic E-state index is 14.0. The van der Waals surface area contributed by atoms with Gasteiger partial charge in [0, 0.05) is 23.4 Å². The number of nitrogens with zero attached hydrogens (tertiary/aromatic N) is 3. The van der Waals surface area contributed by atoms with Crippen LogP contribution in [0.1, 0.15) is 27.0 Å². The number of nitriles is 1. The van der Waals surface area contributed by atoms with Crippen LogP contribution < -0.4 is 9.64 Å². The molecule has 2 amide bonds. The third kappa shape index (κ3) is 3.35. The van der Waals surface area contributed by atoms with Crippen molar-refractivity contribution in [2.24, 2.45) is 0 Å². The third-order valence-corrected chi connectivity index (χ3v) is 7.48. The van der Waals surface area contributed by atoms with E-state index in [0.717, 1.165) is 16.8 Å². The van der Waals surface area contributed by atoms with E-state index in [1.165, 1.54) is 11.8 Å². The van der Waals surface area contributed by atoms with Crippen LogP contribution in [0.5, 0.6) is 5.75 Å². The summed E-state index contributed by atoms with van der Waals surface area (Å²) in [5, 5.41) is 9.25. The van der Waals surface area contributed by atoms with Crippen molar-refractivity contribution in [1.82, 2.24) is 4.90 Å². The monoisotopic (exact) mass is 455 g/mol. The molecule has 0 aromatic heterocycles. The van der Waals surface area contributed by atoms with E-state index in [1.807, 2.05) is 36.4 Å². The molecule has 0 N–H and O–H groups in total. The van der Waals surface area contributed by atoms with Gasteiger partial charge >= 0.3 is 0 Å². The van der Waals surface area contributed by atoms with Gasteiger partial charge in [0.1, 0.15) is 5.75 Å². The first-order valence-corrected chi connectivity index (χ1v) is 11.6. The fourth-order valence-electron chi connectivity index (χ4n) is 4.56. The lowest BCUT2D eigenvalue weighted by molar-refractivity contribution is -0.123. The zero-order chi connectivity index (χ0) is 23.0. The van der Waals surface area contributed by atoms with Gasteiger partial charge in [0.2, 0.25) is 0 Å². The lowest BCUT2D eigenvalue weighted by Crippen LogP contribution is -2.50. The molecule has 164 valence electrons. The van der Waals surface area contributed by atoms with Crippen molar-refractivity contribution in [3.63, 3.8) is 0 Å². The fourth-order valence-corrected chi connectivity index (χ4v) is 6.02. The van der Waals surface area contributed by atoms with Crippen molar-refractivity contribution in [3.05, 3.63) is 95.1 Å². The molecule has 0 bridgehead atoms. The number of hydrogen-bond donors (Lipinski definition) is 0. The maximum absolute atomic E-state index is 14.0. The van der Waals surface area contributed by atoms with Gasteiger partial charge in [0.25, 0.3) is 11.8 Å². The van der Waals surface area contributed by atoms with Gasteiger partial charge in [-0.25, -0.2) is 0 Å². The quantitative estimate of drug-likeness (QED) is 0.591. The summed E-state index contributed by atoms with van der Waals surface area (Å²) in [4.78, 5) is 30.0. The predicted molar refractivity (Wildman–Crippen MR) is 127 cm³/mol. The molecule has 2 aliphatic rings. The van der Waals surface area contributed by atoms with Crippen LogP contribution in [0.3, 0.4) is 0 Å². The molecule has 2 aliphatic heterocycles. The molecule has 0 radical (unpaired) electrons. The van der Waals surface area contributed by atoms with E-state index in [1.54, 1.807) is 53.3 Å². The van der Waals surface area contributed by atoms with Crippen LogP contribution in [0.4, 0.5) is 5.69 Å². The summed E-state index contributed by atoms with van der Waals surface area (Å²) in [5.41, 5.74) is 3.52. The van der Waals surface area contributed by atoms with Gasteiger partial charge in [-0.3, -0.25) is 9.59 Å². The Kier molecular flexibility index (Phi) is 5.31. The smallest absolute Gasteiger partial charge is 0.268 e. The molecule has 33 heavy (non-hydrogen) atoms. The number of carbonyl (C=O) groups excluding carboxylic acids is 2. The summed E-state index contributed by atoms with van der Waals surface area (Å²) in [6.45, 7) is 0.799. The van der Waals surface area contributed by atoms with Crippen LogP contribution in [0.15, 0.2) is 72.8 Å². The van der Waals surface area contributed by atoms with Gasteiger partial charge in [-0.1, -0.05) is 36.4 Å². The number of methoxy groups -OCH3 is 1. The number of para-hydroxylation sites is 1. The average molecular weight is 456 g/mol. The number of rotatable bonds is 4. The van der Waals surface area contributed by atoms with Crippen LogP contribution >= 0.6 is 11.8 Å². The normalized spacial score (nSPS) is 19.0. The van der Waals surface area contributed by atoms with Gasteiger partial charge in [-0.15, -0.1) is 11.8 Å². The average Bonchev–Trinajstić information content (AvgIpc) is 3.41. The number of benzene rings is 3. The molecule has 1 spiro atoms. The fraction of sp³-hybridized carbons (Fsp3) is 0.192. The maximum Gasteiger partial charge on any atom is 0.268 e. The first kappa shape index (κ1) is 21.1. The minimum Gasteiger partial charge on any atom is -0.497 e. The van der Waals surface area contributed by atoms with E-state index >= 15 is 0 Å². The summed E-state index contributed by atoms with van der Waals surface area (Å²) < 4.78 is 5.29. The van der Waals surface area contributed by atoms with E-state index in [0.29, 0.717) is 35.7 Å². The van der Waals surface area contributed by atoms with Gasteiger partial charge < -0.3 is 14.5 Å². The number of amides is 2. The van der Waals surface area contributed by atoms with Crippen molar-refractivity contribution < 1.29 is 14.3 Å².